The maximum Gasteiger partial charge on any atom is 0.326 e. The number of carboxylic acid groups (broad SMARTS) is 1. The average molecular weight is 463 g/mol. The lowest BCUT2D eigenvalue weighted by atomic mass is 9.98. The van der Waals surface area contributed by atoms with Crippen LogP contribution in [-0.4, -0.2) is 76.7 Å². The van der Waals surface area contributed by atoms with Crippen molar-refractivity contribution in [1.29, 1.82) is 0 Å². The number of amides is 3. The van der Waals surface area contributed by atoms with Gasteiger partial charge in [-0.25, -0.2) is 4.79 Å². The summed E-state index contributed by atoms with van der Waals surface area (Å²) < 4.78 is 0. The van der Waals surface area contributed by atoms with Crippen LogP contribution in [-0.2, 0) is 19.2 Å². The van der Waals surface area contributed by atoms with Gasteiger partial charge in [0, 0.05) is 0 Å². The van der Waals surface area contributed by atoms with Crippen LogP contribution in [0.1, 0.15) is 47.0 Å². The maximum absolute atomic E-state index is 12.7. The molecule has 0 bridgehead atoms. The van der Waals surface area contributed by atoms with Gasteiger partial charge in [0.2, 0.25) is 17.7 Å². The molecular formula is C20H38N4O6S. The Balaban J connectivity index is 5.25. The minimum Gasteiger partial charge on any atom is -0.480 e. The largest absolute Gasteiger partial charge is 0.480 e. The summed E-state index contributed by atoms with van der Waals surface area (Å²) in [5.74, 6) is -2.69. The number of aliphatic carboxylic acids is 1. The molecular weight excluding hydrogens is 424 g/mol. The van der Waals surface area contributed by atoms with Crippen LogP contribution < -0.4 is 21.7 Å². The zero-order valence-electron chi connectivity index (χ0n) is 19.0. The first-order valence-corrected chi connectivity index (χ1v) is 11.9. The maximum atomic E-state index is 12.7. The van der Waals surface area contributed by atoms with Crippen LogP contribution in [0.15, 0.2) is 0 Å². The lowest BCUT2D eigenvalue weighted by Crippen LogP contribution is -2.58. The lowest BCUT2D eigenvalue weighted by molar-refractivity contribution is -0.143. The van der Waals surface area contributed by atoms with E-state index < -0.39 is 54.5 Å². The zero-order valence-corrected chi connectivity index (χ0v) is 19.8. The standard InChI is InChI=1S/C20H38N4O6S/c1-6-12(4)16(20(29)30)24-18(27)14(7-8-31-5)22-19(28)15(10-25)23-17(26)13(21)9-11(2)3/h11-16,25H,6-10,21H2,1-5H3,(H,22,28)(H,23,26)(H,24,27)(H,29,30). The van der Waals surface area contributed by atoms with Crippen molar-refractivity contribution in [3.8, 4) is 0 Å². The summed E-state index contributed by atoms with van der Waals surface area (Å²) >= 11 is 1.46. The van der Waals surface area contributed by atoms with E-state index in [9.17, 15) is 29.4 Å². The van der Waals surface area contributed by atoms with Crippen molar-refractivity contribution in [3.63, 3.8) is 0 Å². The van der Waals surface area contributed by atoms with Gasteiger partial charge in [-0.2, -0.15) is 11.8 Å². The van der Waals surface area contributed by atoms with E-state index in [2.05, 4.69) is 16.0 Å². The Bertz CT molecular complexity index is 604. The minimum absolute atomic E-state index is 0.175. The number of nitrogens with two attached hydrogens (primary N) is 1. The van der Waals surface area contributed by atoms with Gasteiger partial charge in [0.05, 0.1) is 12.6 Å². The Morgan fingerprint density at radius 1 is 0.968 bits per heavy atom. The third kappa shape index (κ3) is 10.8. The number of nitrogens with one attached hydrogen (secondary N) is 3. The first kappa shape index (κ1) is 29.1. The Kier molecular flexibility index (Phi) is 14.1. The number of hydrogen-bond acceptors (Lipinski definition) is 7. The monoisotopic (exact) mass is 462 g/mol. The quantitative estimate of drug-likeness (QED) is 0.192. The molecule has 0 aliphatic rings. The highest BCUT2D eigenvalue weighted by Crippen LogP contribution is 2.10. The molecule has 0 spiro atoms. The number of carbonyl (C=O) groups is 4. The first-order chi connectivity index (χ1) is 14.5. The van der Waals surface area contributed by atoms with Gasteiger partial charge < -0.3 is 31.9 Å². The molecule has 3 amide bonds. The van der Waals surface area contributed by atoms with Crippen molar-refractivity contribution < 1.29 is 29.4 Å². The van der Waals surface area contributed by atoms with Crippen LogP contribution in [0.3, 0.4) is 0 Å². The second-order valence-corrected chi connectivity index (χ2v) is 9.02. The van der Waals surface area contributed by atoms with Gasteiger partial charge in [-0.1, -0.05) is 34.1 Å². The molecule has 0 aromatic rings. The van der Waals surface area contributed by atoms with Crippen LogP contribution in [0.4, 0.5) is 0 Å². The van der Waals surface area contributed by atoms with Crippen LogP contribution in [0, 0.1) is 11.8 Å². The fraction of sp³-hybridized carbons (Fsp3) is 0.800. The number of hydrogen-bond donors (Lipinski definition) is 6. The van der Waals surface area contributed by atoms with Crippen molar-refractivity contribution in [2.75, 3.05) is 18.6 Å². The van der Waals surface area contributed by atoms with E-state index in [0.717, 1.165) is 0 Å². The zero-order chi connectivity index (χ0) is 24.1. The molecule has 11 heteroatoms. The van der Waals surface area contributed by atoms with Crippen molar-refractivity contribution in [2.24, 2.45) is 17.6 Å². The van der Waals surface area contributed by atoms with Gasteiger partial charge in [-0.3, -0.25) is 14.4 Å². The molecule has 0 aliphatic heterocycles. The Morgan fingerprint density at radius 2 is 1.52 bits per heavy atom. The fourth-order valence-electron chi connectivity index (χ4n) is 2.80. The molecule has 0 heterocycles. The van der Waals surface area contributed by atoms with E-state index in [1.165, 1.54) is 11.8 Å². The molecule has 0 aromatic carbocycles. The van der Waals surface area contributed by atoms with Crippen LogP contribution >= 0.6 is 11.8 Å². The first-order valence-electron chi connectivity index (χ1n) is 10.5. The predicted octanol–water partition coefficient (Wildman–Crippen LogP) is -0.310. The van der Waals surface area contributed by atoms with E-state index in [-0.39, 0.29) is 18.3 Å². The molecule has 10 nitrogen and oxygen atoms in total. The van der Waals surface area contributed by atoms with Gasteiger partial charge in [-0.05, 0) is 36.7 Å². The summed E-state index contributed by atoms with van der Waals surface area (Å²) in [7, 11) is 0. The SMILES string of the molecule is CCC(C)C(NC(=O)C(CCSC)NC(=O)C(CO)NC(=O)C(N)CC(C)C)C(=O)O. The highest BCUT2D eigenvalue weighted by Gasteiger charge is 2.31. The predicted molar refractivity (Wildman–Crippen MR) is 120 cm³/mol. The lowest BCUT2D eigenvalue weighted by Gasteiger charge is -2.26. The van der Waals surface area contributed by atoms with Crippen molar-refractivity contribution in [2.45, 2.75) is 71.1 Å². The number of rotatable bonds is 15. The molecule has 0 fully saturated rings. The van der Waals surface area contributed by atoms with Crippen molar-refractivity contribution in [3.05, 3.63) is 0 Å². The van der Waals surface area contributed by atoms with E-state index in [4.69, 9.17) is 5.73 Å². The number of aliphatic hydroxyl groups is 1. The van der Waals surface area contributed by atoms with Gasteiger partial charge >= 0.3 is 5.97 Å². The summed E-state index contributed by atoms with van der Waals surface area (Å²) in [6, 6.07) is -4.21. The smallest absolute Gasteiger partial charge is 0.326 e. The van der Waals surface area contributed by atoms with E-state index in [1.54, 1.807) is 6.92 Å². The second kappa shape index (κ2) is 15.0. The van der Waals surface area contributed by atoms with Gasteiger partial charge in [0.15, 0.2) is 0 Å². The van der Waals surface area contributed by atoms with Gasteiger partial charge in [0.25, 0.3) is 0 Å². The molecule has 0 aromatic heterocycles. The average Bonchev–Trinajstić information content (AvgIpc) is 2.71. The third-order valence-electron chi connectivity index (χ3n) is 4.90. The molecule has 5 atom stereocenters. The molecule has 31 heavy (non-hydrogen) atoms. The minimum atomic E-state index is -1.28. The number of carboxylic acids is 1. The fourth-order valence-corrected chi connectivity index (χ4v) is 3.27. The molecule has 0 aliphatic carbocycles. The van der Waals surface area contributed by atoms with Gasteiger partial charge in [-0.15, -0.1) is 0 Å². The highest BCUT2D eigenvalue weighted by molar-refractivity contribution is 7.98. The van der Waals surface area contributed by atoms with E-state index in [1.807, 2.05) is 27.0 Å². The van der Waals surface area contributed by atoms with E-state index >= 15 is 0 Å². The number of aliphatic hydroxyl groups excluding tert-OH is 1. The van der Waals surface area contributed by atoms with E-state index in [0.29, 0.717) is 18.6 Å². The second-order valence-electron chi connectivity index (χ2n) is 8.03. The number of thioether (sulfide) groups is 1. The molecule has 0 saturated carbocycles. The summed E-state index contributed by atoms with van der Waals surface area (Å²) in [5.41, 5.74) is 5.81. The molecule has 180 valence electrons. The molecule has 0 saturated heterocycles. The molecule has 0 radical (unpaired) electrons. The Morgan fingerprint density at radius 3 is 1.97 bits per heavy atom. The highest BCUT2D eigenvalue weighted by atomic mass is 32.2. The van der Waals surface area contributed by atoms with Crippen molar-refractivity contribution >= 4 is 35.5 Å². The topological polar surface area (TPSA) is 171 Å². The Hall–Kier alpha value is -1.85. The summed E-state index contributed by atoms with van der Waals surface area (Å²) in [4.78, 5) is 49.0. The summed E-state index contributed by atoms with van der Waals surface area (Å²) in [6.45, 7) is 6.67. The summed E-state index contributed by atoms with van der Waals surface area (Å²) in [6.07, 6.45) is 3.05. The normalized spacial score (nSPS) is 16.0. The van der Waals surface area contributed by atoms with Crippen LogP contribution in [0.2, 0.25) is 0 Å². The molecule has 7 N–H and O–H groups in total. The van der Waals surface area contributed by atoms with Crippen LogP contribution in [0.5, 0.6) is 0 Å². The van der Waals surface area contributed by atoms with Crippen molar-refractivity contribution in [1.82, 2.24) is 16.0 Å². The third-order valence-corrected chi connectivity index (χ3v) is 5.54. The van der Waals surface area contributed by atoms with Gasteiger partial charge in [0.1, 0.15) is 18.1 Å². The molecule has 5 unspecified atom stereocenters. The summed E-state index contributed by atoms with van der Waals surface area (Å²) in [5, 5.41) is 26.4. The van der Waals surface area contributed by atoms with Crippen LogP contribution in [0.25, 0.3) is 0 Å². The number of carbonyl (C=O) groups excluding carboxylic acids is 3. The Labute approximate surface area is 188 Å². The molecule has 0 rings (SSSR count).